The van der Waals surface area contributed by atoms with Gasteiger partial charge in [0.05, 0.1) is 11.8 Å². The third-order valence-corrected chi connectivity index (χ3v) is 3.21. The minimum atomic E-state index is -0.116. The van der Waals surface area contributed by atoms with Crippen molar-refractivity contribution in [2.24, 2.45) is 0 Å². The van der Waals surface area contributed by atoms with Crippen LogP contribution in [-0.2, 0) is 11.8 Å². The monoisotopic (exact) mass is 287 g/mol. The summed E-state index contributed by atoms with van der Waals surface area (Å²) in [5, 5.41) is 6.65. The van der Waals surface area contributed by atoms with Crippen LogP contribution in [0.1, 0.15) is 42.5 Å². The zero-order chi connectivity index (χ0) is 15.5. The highest BCUT2D eigenvalue weighted by atomic mass is 16.2. The molecule has 2 aromatic heterocycles. The maximum Gasteiger partial charge on any atom is 0.256 e. The molecule has 0 radical (unpaired) electrons. The van der Waals surface area contributed by atoms with Gasteiger partial charge in [0, 0.05) is 37.6 Å². The zero-order valence-electron chi connectivity index (χ0n) is 12.9. The van der Waals surface area contributed by atoms with Crippen LogP contribution in [0.3, 0.4) is 0 Å². The lowest BCUT2D eigenvalue weighted by Crippen LogP contribution is -2.29. The van der Waals surface area contributed by atoms with E-state index >= 15 is 0 Å². The average Bonchev–Trinajstić information content (AvgIpc) is 2.96. The second kappa shape index (κ2) is 6.03. The van der Waals surface area contributed by atoms with Crippen LogP contribution in [0, 0.1) is 0 Å². The number of aromatic nitrogens is 4. The molecular formula is C15H21N5O. The number of hydrogen-bond acceptors (Lipinski definition) is 4. The standard InChI is InChI=1S/C15H21N5O/c1-15(2,3)14-16-9-12(10-17-14)13(21)20(4)6-5-11-7-18-19-8-11/h7-10H,5-6H2,1-4H3,(H,18,19). The molecule has 2 aromatic rings. The normalized spacial score (nSPS) is 11.4. The fraction of sp³-hybridized carbons (Fsp3) is 0.467. The SMILES string of the molecule is CN(CCc1cn[nH]c1)C(=O)c1cnc(C(C)(C)C)nc1. The summed E-state index contributed by atoms with van der Waals surface area (Å²) in [4.78, 5) is 22.5. The van der Waals surface area contributed by atoms with Crippen LogP contribution in [0.4, 0.5) is 0 Å². The molecule has 0 aliphatic heterocycles. The second-order valence-corrected chi connectivity index (χ2v) is 6.13. The zero-order valence-corrected chi connectivity index (χ0v) is 12.9. The van der Waals surface area contributed by atoms with E-state index in [1.165, 1.54) is 0 Å². The van der Waals surface area contributed by atoms with Gasteiger partial charge >= 0.3 is 0 Å². The molecule has 2 heterocycles. The molecule has 0 saturated carbocycles. The molecule has 0 fully saturated rings. The van der Waals surface area contributed by atoms with E-state index in [0.29, 0.717) is 12.1 Å². The summed E-state index contributed by atoms with van der Waals surface area (Å²) < 4.78 is 0. The molecular weight excluding hydrogens is 266 g/mol. The van der Waals surface area contributed by atoms with Crippen LogP contribution in [0.15, 0.2) is 24.8 Å². The highest BCUT2D eigenvalue weighted by Gasteiger charge is 2.18. The molecule has 0 aliphatic carbocycles. The van der Waals surface area contributed by atoms with Gasteiger partial charge in [-0.15, -0.1) is 0 Å². The third kappa shape index (κ3) is 3.87. The van der Waals surface area contributed by atoms with E-state index in [1.807, 2.05) is 27.0 Å². The fourth-order valence-electron chi connectivity index (χ4n) is 1.86. The molecule has 0 bridgehead atoms. The van der Waals surface area contributed by atoms with Gasteiger partial charge < -0.3 is 4.90 Å². The van der Waals surface area contributed by atoms with E-state index in [9.17, 15) is 4.79 Å². The number of carbonyl (C=O) groups is 1. The second-order valence-electron chi connectivity index (χ2n) is 6.13. The van der Waals surface area contributed by atoms with E-state index < -0.39 is 0 Å². The number of likely N-dealkylation sites (N-methyl/N-ethyl adjacent to an activating group) is 1. The van der Waals surface area contributed by atoms with Gasteiger partial charge in [0.1, 0.15) is 5.82 Å². The van der Waals surface area contributed by atoms with E-state index in [-0.39, 0.29) is 11.3 Å². The Morgan fingerprint density at radius 2 is 1.90 bits per heavy atom. The molecule has 2 rings (SSSR count). The van der Waals surface area contributed by atoms with Crippen molar-refractivity contribution in [3.8, 4) is 0 Å². The van der Waals surface area contributed by atoms with Crippen molar-refractivity contribution >= 4 is 5.91 Å². The maximum absolute atomic E-state index is 12.3. The number of rotatable bonds is 4. The lowest BCUT2D eigenvalue weighted by Gasteiger charge is -2.18. The summed E-state index contributed by atoms with van der Waals surface area (Å²) >= 11 is 0. The van der Waals surface area contributed by atoms with Crippen LogP contribution in [0.5, 0.6) is 0 Å². The summed E-state index contributed by atoms with van der Waals surface area (Å²) in [6, 6.07) is 0. The number of amides is 1. The number of H-pyrrole nitrogens is 1. The summed E-state index contributed by atoms with van der Waals surface area (Å²) in [5.74, 6) is 0.666. The quantitative estimate of drug-likeness (QED) is 0.930. The topological polar surface area (TPSA) is 74.8 Å². The molecule has 0 spiro atoms. The summed E-state index contributed by atoms with van der Waals surface area (Å²) in [7, 11) is 1.78. The Morgan fingerprint density at radius 3 is 2.43 bits per heavy atom. The highest BCUT2D eigenvalue weighted by molar-refractivity contribution is 5.93. The first-order chi connectivity index (χ1) is 9.88. The number of nitrogens with one attached hydrogen (secondary N) is 1. The largest absolute Gasteiger partial charge is 0.341 e. The van der Waals surface area contributed by atoms with Crippen molar-refractivity contribution in [2.45, 2.75) is 32.6 Å². The van der Waals surface area contributed by atoms with Crippen molar-refractivity contribution in [2.75, 3.05) is 13.6 Å². The predicted molar refractivity (Wildman–Crippen MR) is 80.0 cm³/mol. The molecule has 21 heavy (non-hydrogen) atoms. The Morgan fingerprint density at radius 1 is 1.24 bits per heavy atom. The van der Waals surface area contributed by atoms with Crippen molar-refractivity contribution < 1.29 is 4.79 Å². The number of aromatic amines is 1. The Labute approximate surface area is 124 Å². The van der Waals surface area contributed by atoms with Gasteiger partial charge in [-0.3, -0.25) is 9.89 Å². The predicted octanol–water partition coefficient (Wildman–Crippen LogP) is 1.81. The number of carbonyl (C=O) groups excluding carboxylic acids is 1. The van der Waals surface area contributed by atoms with Crippen LogP contribution in [0.2, 0.25) is 0 Å². The Hall–Kier alpha value is -2.24. The van der Waals surface area contributed by atoms with Gasteiger partial charge in [-0.05, 0) is 12.0 Å². The van der Waals surface area contributed by atoms with Crippen molar-refractivity contribution in [1.82, 2.24) is 25.1 Å². The van der Waals surface area contributed by atoms with Crippen LogP contribution in [-0.4, -0.2) is 44.6 Å². The third-order valence-electron chi connectivity index (χ3n) is 3.21. The first-order valence-corrected chi connectivity index (χ1v) is 6.93. The van der Waals surface area contributed by atoms with Crippen molar-refractivity contribution in [1.29, 1.82) is 0 Å². The smallest absolute Gasteiger partial charge is 0.256 e. The van der Waals surface area contributed by atoms with Crippen LogP contribution < -0.4 is 0 Å². The van der Waals surface area contributed by atoms with E-state index in [2.05, 4.69) is 20.2 Å². The molecule has 0 aliphatic rings. The minimum absolute atomic E-state index is 0.0704. The average molecular weight is 287 g/mol. The molecule has 6 heteroatoms. The molecule has 0 unspecified atom stereocenters. The lowest BCUT2D eigenvalue weighted by molar-refractivity contribution is 0.0795. The van der Waals surface area contributed by atoms with Gasteiger partial charge in [-0.1, -0.05) is 20.8 Å². The first kappa shape index (κ1) is 15.2. The Balaban J connectivity index is 1.98. The summed E-state index contributed by atoms with van der Waals surface area (Å²) in [6.07, 6.45) is 7.56. The lowest BCUT2D eigenvalue weighted by atomic mass is 9.96. The number of hydrogen-bond donors (Lipinski definition) is 1. The molecule has 0 saturated heterocycles. The Kier molecular flexibility index (Phi) is 4.35. The summed E-state index contributed by atoms with van der Waals surface area (Å²) in [6.45, 7) is 6.75. The molecule has 1 amide bonds. The first-order valence-electron chi connectivity index (χ1n) is 6.93. The van der Waals surface area contributed by atoms with Gasteiger partial charge in [0.2, 0.25) is 0 Å². The molecule has 0 aromatic carbocycles. The van der Waals surface area contributed by atoms with E-state index in [4.69, 9.17) is 0 Å². The fourth-order valence-corrected chi connectivity index (χ4v) is 1.86. The van der Waals surface area contributed by atoms with Crippen LogP contribution >= 0.6 is 0 Å². The van der Waals surface area contributed by atoms with Gasteiger partial charge in [-0.2, -0.15) is 5.10 Å². The number of nitrogens with zero attached hydrogens (tertiary/aromatic N) is 4. The maximum atomic E-state index is 12.3. The molecule has 112 valence electrons. The van der Waals surface area contributed by atoms with E-state index in [0.717, 1.165) is 17.8 Å². The van der Waals surface area contributed by atoms with Gasteiger partial charge in [0.25, 0.3) is 5.91 Å². The van der Waals surface area contributed by atoms with Crippen molar-refractivity contribution in [3.05, 3.63) is 41.7 Å². The highest BCUT2D eigenvalue weighted by Crippen LogP contribution is 2.17. The van der Waals surface area contributed by atoms with E-state index in [1.54, 1.807) is 30.5 Å². The van der Waals surface area contributed by atoms with Crippen LogP contribution in [0.25, 0.3) is 0 Å². The van der Waals surface area contributed by atoms with Crippen molar-refractivity contribution in [3.63, 3.8) is 0 Å². The molecule has 0 atom stereocenters. The molecule has 6 nitrogen and oxygen atoms in total. The Bertz CT molecular complexity index is 584. The van der Waals surface area contributed by atoms with Gasteiger partial charge in [-0.25, -0.2) is 9.97 Å². The summed E-state index contributed by atoms with van der Waals surface area (Å²) in [5.41, 5.74) is 1.47. The molecule has 1 N–H and O–H groups in total. The van der Waals surface area contributed by atoms with Gasteiger partial charge in [0.15, 0.2) is 0 Å². The minimum Gasteiger partial charge on any atom is -0.341 e.